The minimum absolute atomic E-state index is 0.501. The molecule has 1 rings (SSSR count). The summed E-state index contributed by atoms with van der Waals surface area (Å²) in [5.74, 6) is 0.743. The maximum Gasteiger partial charge on any atom is 0.0630 e. The summed E-state index contributed by atoms with van der Waals surface area (Å²) in [5.41, 5.74) is 0. The summed E-state index contributed by atoms with van der Waals surface area (Å²) in [5, 5.41) is 3.52. The van der Waals surface area contributed by atoms with Gasteiger partial charge in [-0.3, -0.25) is 4.90 Å². The highest BCUT2D eigenvalue weighted by molar-refractivity contribution is 4.80. The molecule has 108 valence electrons. The van der Waals surface area contributed by atoms with Gasteiger partial charge in [0.1, 0.15) is 0 Å². The highest BCUT2D eigenvalue weighted by Gasteiger charge is 2.24. The lowest BCUT2D eigenvalue weighted by molar-refractivity contribution is 0.0454. The van der Waals surface area contributed by atoms with Gasteiger partial charge in [0.2, 0.25) is 0 Å². The molecule has 1 atom stereocenters. The number of hydrogen-bond acceptors (Lipinski definition) is 4. The molecule has 1 aliphatic heterocycles. The Kier molecular flexibility index (Phi) is 7.82. The van der Waals surface area contributed by atoms with Crippen LogP contribution in [-0.4, -0.2) is 64.1 Å². The predicted molar refractivity (Wildman–Crippen MR) is 75.0 cm³/mol. The van der Waals surface area contributed by atoms with Crippen LogP contribution in [0, 0.1) is 5.92 Å². The van der Waals surface area contributed by atoms with Gasteiger partial charge >= 0.3 is 0 Å². The van der Waals surface area contributed by atoms with E-state index in [0.29, 0.717) is 12.1 Å². The molecule has 1 aliphatic rings. The van der Waals surface area contributed by atoms with Crippen molar-refractivity contribution in [3.8, 4) is 0 Å². The first-order valence-electron chi connectivity index (χ1n) is 7.12. The lowest BCUT2D eigenvalue weighted by Gasteiger charge is -2.37. The lowest BCUT2D eigenvalue weighted by atomic mass is 9.96. The molecular formula is C14H30N2O2. The van der Waals surface area contributed by atoms with Crippen molar-refractivity contribution in [2.75, 3.05) is 47.1 Å². The van der Waals surface area contributed by atoms with Crippen molar-refractivity contribution in [1.82, 2.24) is 10.2 Å². The van der Waals surface area contributed by atoms with Gasteiger partial charge in [0.05, 0.1) is 6.61 Å². The summed E-state index contributed by atoms with van der Waals surface area (Å²) < 4.78 is 10.6. The Labute approximate surface area is 112 Å². The molecule has 0 amide bonds. The van der Waals surface area contributed by atoms with E-state index in [1.807, 2.05) is 0 Å². The van der Waals surface area contributed by atoms with Crippen LogP contribution in [0.2, 0.25) is 0 Å². The molecule has 1 N–H and O–H groups in total. The van der Waals surface area contributed by atoms with Gasteiger partial charge in [-0.2, -0.15) is 0 Å². The quantitative estimate of drug-likeness (QED) is 0.713. The van der Waals surface area contributed by atoms with E-state index in [2.05, 4.69) is 24.1 Å². The van der Waals surface area contributed by atoms with Gasteiger partial charge in [0.15, 0.2) is 0 Å². The standard InChI is InChI=1S/C14H30N2O2/c1-12(2)15-9-14(11-18-4)16-7-5-13(6-8-16)10-17-3/h12-15H,5-11H2,1-4H3. The van der Waals surface area contributed by atoms with E-state index in [0.717, 1.165) is 25.7 Å². The number of hydrogen-bond donors (Lipinski definition) is 1. The first-order valence-corrected chi connectivity index (χ1v) is 7.12. The SMILES string of the molecule is COCC1CCN(C(CNC(C)C)COC)CC1. The molecular weight excluding hydrogens is 228 g/mol. The normalized spacial score (nSPS) is 20.5. The summed E-state index contributed by atoms with van der Waals surface area (Å²) >= 11 is 0. The number of nitrogens with one attached hydrogen (secondary N) is 1. The van der Waals surface area contributed by atoms with Gasteiger partial charge in [-0.15, -0.1) is 0 Å². The van der Waals surface area contributed by atoms with Crippen molar-refractivity contribution in [2.45, 2.75) is 38.8 Å². The van der Waals surface area contributed by atoms with Crippen molar-refractivity contribution < 1.29 is 9.47 Å². The molecule has 18 heavy (non-hydrogen) atoms. The van der Waals surface area contributed by atoms with Gasteiger partial charge in [-0.05, 0) is 31.8 Å². The van der Waals surface area contributed by atoms with Crippen molar-refractivity contribution in [3.63, 3.8) is 0 Å². The van der Waals surface area contributed by atoms with E-state index in [-0.39, 0.29) is 0 Å². The zero-order valence-electron chi connectivity index (χ0n) is 12.4. The van der Waals surface area contributed by atoms with Crippen LogP contribution in [-0.2, 0) is 9.47 Å². The zero-order valence-corrected chi connectivity index (χ0v) is 12.4. The second kappa shape index (κ2) is 8.86. The summed E-state index contributed by atoms with van der Waals surface area (Å²) in [4.78, 5) is 2.56. The Bertz CT molecular complexity index is 204. The number of methoxy groups -OCH3 is 2. The second-order valence-corrected chi connectivity index (χ2v) is 5.61. The molecule has 1 saturated heterocycles. The predicted octanol–water partition coefficient (Wildman–Crippen LogP) is 1.36. The second-order valence-electron chi connectivity index (χ2n) is 5.61. The Hall–Kier alpha value is -0.160. The molecule has 4 heteroatoms. The number of rotatable bonds is 8. The van der Waals surface area contributed by atoms with Crippen LogP contribution in [0.15, 0.2) is 0 Å². The molecule has 0 bridgehead atoms. The van der Waals surface area contributed by atoms with Crippen LogP contribution < -0.4 is 5.32 Å². The summed E-state index contributed by atoms with van der Waals surface area (Å²) in [6.07, 6.45) is 2.49. The monoisotopic (exact) mass is 258 g/mol. The van der Waals surface area contributed by atoms with Crippen LogP contribution in [0.5, 0.6) is 0 Å². The topological polar surface area (TPSA) is 33.7 Å². The summed E-state index contributed by atoms with van der Waals surface area (Å²) in [6.45, 7) is 9.45. The Morgan fingerprint density at radius 1 is 1.17 bits per heavy atom. The first kappa shape index (κ1) is 15.9. The zero-order chi connectivity index (χ0) is 13.4. The van der Waals surface area contributed by atoms with E-state index in [9.17, 15) is 0 Å². The van der Waals surface area contributed by atoms with Gasteiger partial charge in [-0.25, -0.2) is 0 Å². The van der Waals surface area contributed by atoms with Crippen molar-refractivity contribution >= 4 is 0 Å². The van der Waals surface area contributed by atoms with Gasteiger partial charge in [0.25, 0.3) is 0 Å². The Morgan fingerprint density at radius 3 is 2.33 bits per heavy atom. The van der Waals surface area contributed by atoms with E-state index >= 15 is 0 Å². The van der Waals surface area contributed by atoms with Crippen LogP contribution in [0.25, 0.3) is 0 Å². The largest absolute Gasteiger partial charge is 0.384 e. The Balaban J connectivity index is 2.34. The van der Waals surface area contributed by atoms with Crippen LogP contribution >= 0.6 is 0 Å². The smallest absolute Gasteiger partial charge is 0.0630 e. The van der Waals surface area contributed by atoms with E-state index in [4.69, 9.17) is 9.47 Å². The Morgan fingerprint density at radius 2 is 1.83 bits per heavy atom. The lowest BCUT2D eigenvalue weighted by Crippen LogP contribution is -2.49. The molecule has 1 heterocycles. The highest BCUT2D eigenvalue weighted by atomic mass is 16.5. The molecule has 0 radical (unpaired) electrons. The number of likely N-dealkylation sites (tertiary alicyclic amines) is 1. The van der Waals surface area contributed by atoms with Crippen LogP contribution in [0.1, 0.15) is 26.7 Å². The van der Waals surface area contributed by atoms with Crippen molar-refractivity contribution in [1.29, 1.82) is 0 Å². The minimum Gasteiger partial charge on any atom is -0.384 e. The van der Waals surface area contributed by atoms with Crippen LogP contribution in [0.4, 0.5) is 0 Å². The highest BCUT2D eigenvalue weighted by Crippen LogP contribution is 2.19. The molecule has 0 saturated carbocycles. The number of ether oxygens (including phenoxy) is 2. The van der Waals surface area contributed by atoms with Crippen LogP contribution in [0.3, 0.4) is 0 Å². The molecule has 0 aromatic heterocycles. The van der Waals surface area contributed by atoms with E-state index in [1.54, 1.807) is 14.2 Å². The van der Waals surface area contributed by atoms with Gasteiger partial charge in [0, 0.05) is 39.5 Å². The summed E-state index contributed by atoms with van der Waals surface area (Å²) in [7, 11) is 3.59. The third-order valence-electron chi connectivity index (χ3n) is 3.69. The maximum atomic E-state index is 5.36. The molecule has 0 aromatic rings. The van der Waals surface area contributed by atoms with Crippen molar-refractivity contribution in [2.24, 2.45) is 5.92 Å². The minimum atomic E-state index is 0.501. The third kappa shape index (κ3) is 5.65. The van der Waals surface area contributed by atoms with Crippen molar-refractivity contribution in [3.05, 3.63) is 0 Å². The molecule has 1 fully saturated rings. The fraction of sp³-hybridized carbons (Fsp3) is 1.00. The molecule has 4 nitrogen and oxygen atoms in total. The van der Waals surface area contributed by atoms with E-state index < -0.39 is 0 Å². The fourth-order valence-electron chi connectivity index (χ4n) is 2.58. The van der Waals surface area contributed by atoms with E-state index in [1.165, 1.54) is 25.9 Å². The average Bonchev–Trinajstić information content (AvgIpc) is 2.36. The van der Waals surface area contributed by atoms with Gasteiger partial charge < -0.3 is 14.8 Å². The molecule has 1 unspecified atom stereocenters. The third-order valence-corrected chi connectivity index (χ3v) is 3.69. The molecule has 0 aromatic carbocycles. The fourth-order valence-corrected chi connectivity index (χ4v) is 2.58. The average molecular weight is 258 g/mol. The maximum absolute atomic E-state index is 5.36. The first-order chi connectivity index (χ1) is 8.67. The number of nitrogens with zero attached hydrogens (tertiary/aromatic N) is 1. The molecule has 0 spiro atoms. The number of piperidine rings is 1. The summed E-state index contributed by atoms with van der Waals surface area (Å²) in [6, 6.07) is 1.04. The van der Waals surface area contributed by atoms with Gasteiger partial charge in [-0.1, -0.05) is 13.8 Å². The molecule has 0 aliphatic carbocycles.